The first-order valence-electron chi connectivity index (χ1n) is 9.14. The number of nitrogens with one attached hydrogen (secondary N) is 1. The van der Waals surface area contributed by atoms with Crippen LogP contribution in [0.5, 0.6) is 5.75 Å². The molecule has 8 nitrogen and oxygen atoms in total. The Bertz CT molecular complexity index is 634. The van der Waals surface area contributed by atoms with Gasteiger partial charge in [0.15, 0.2) is 0 Å². The highest BCUT2D eigenvalue weighted by Gasteiger charge is 2.28. The fourth-order valence-electron chi connectivity index (χ4n) is 2.72. The standard InChI is InChI=1S/C19H29N3O5/c1-5-26-15-8-6-14(7-9-15)16(17(23)24)20-22-12-10-21(11-13-22)18(25)27-19(2,3)4/h6-9,16,20H,5,10-13H2,1-4H3,(H,23,24). The molecule has 1 aromatic carbocycles. The van der Waals surface area contributed by atoms with Crippen molar-refractivity contribution >= 4 is 12.1 Å². The minimum absolute atomic E-state index is 0.344. The first-order valence-corrected chi connectivity index (χ1v) is 9.14. The van der Waals surface area contributed by atoms with Gasteiger partial charge in [0.2, 0.25) is 0 Å². The third-order valence-corrected chi connectivity index (χ3v) is 4.01. The van der Waals surface area contributed by atoms with E-state index in [1.165, 1.54) is 0 Å². The minimum Gasteiger partial charge on any atom is -0.494 e. The normalized spacial score (nSPS) is 16.7. The summed E-state index contributed by atoms with van der Waals surface area (Å²) in [4.78, 5) is 25.5. The maximum absolute atomic E-state index is 12.1. The highest BCUT2D eigenvalue weighted by molar-refractivity contribution is 5.75. The van der Waals surface area contributed by atoms with Crippen LogP contribution < -0.4 is 10.2 Å². The van der Waals surface area contributed by atoms with E-state index in [0.717, 1.165) is 0 Å². The summed E-state index contributed by atoms with van der Waals surface area (Å²) in [6.45, 7) is 9.91. The van der Waals surface area contributed by atoms with Crippen molar-refractivity contribution in [3.05, 3.63) is 29.8 Å². The number of carboxylic acids is 1. The maximum Gasteiger partial charge on any atom is 0.410 e. The third-order valence-electron chi connectivity index (χ3n) is 4.01. The summed E-state index contributed by atoms with van der Waals surface area (Å²) < 4.78 is 10.8. The monoisotopic (exact) mass is 379 g/mol. The number of carboxylic acid groups (broad SMARTS) is 1. The van der Waals surface area contributed by atoms with Crippen molar-refractivity contribution < 1.29 is 24.2 Å². The van der Waals surface area contributed by atoms with Gasteiger partial charge >= 0.3 is 12.1 Å². The average Bonchev–Trinajstić information content (AvgIpc) is 2.59. The Balaban J connectivity index is 1.93. The predicted molar refractivity (Wildman–Crippen MR) is 101 cm³/mol. The van der Waals surface area contributed by atoms with E-state index in [-0.39, 0.29) is 6.09 Å². The Kier molecular flexibility index (Phi) is 7.04. The van der Waals surface area contributed by atoms with Crippen LogP contribution in [-0.4, -0.2) is 65.5 Å². The van der Waals surface area contributed by atoms with Gasteiger partial charge in [-0.25, -0.2) is 15.2 Å². The zero-order valence-corrected chi connectivity index (χ0v) is 16.4. The molecule has 0 bridgehead atoms. The van der Waals surface area contributed by atoms with Crippen LogP contribution in [0.1, 0.15) is 39.3 Å². The van der Waals surface area contributed by atoms with Crippen LogP contribution in [0.3, 0.4) is 0 Å². The van der Waals surface area contributed by atoms with Gasteiger partial charge in [-0.05, 0) is 45.4 Å². The summed E-state index contributed by atoms with van der Waals surface area (Å²) in [6, 6.07) is 6.14. The van der Waals surface area contributed by atoms with E-state index in [9.17, 15) is 14.7 Å². The largest absolute Gasteiger partial charge is 0.494 e. The highest BCUT2D eigenvalue weighted by Crippen LogP contribution is 2.19. The van der Waals surface area contributed by atoms with Gasteiger partial charge < -0.3 is 19.5 Å². The van der Waals surface area contributed by atoms with Crippen LogP contribution in [-0.2, 0) is 9.53 Å². The predicted octanol–water partition coefficient (Wildman–Crippen LogP) is 2.27. The molecule has 27 heavy (non-hydrogen) atoms. The van der Waals surface area contributed by atoms with Crippen molar-refractivity contribution in [2.24, 2.45) is 0 Å². The second-order valence-electron chi connectivity index (χ2n) is 7.36. The van der Waals surface area contributed by atoms with Gasteiger partial charge in [0.1, 0.15) is 17.4 Å². The number of hydrazine groups is 1. The van der Waals surface area contributed by atoms with E-state index in [0.29, 0.717) is 44.1 Å². The molecule has 1 aliphatic heterocycles. The van der Waals surface area contributed by atoms with E-state index in [1.54, 1.807) is 29.2 Å². The van der Waals surface area contributed by atoms with Gasteiger partial charge in [0, 0.05) is 26.2 Å². The smallest absolute Gasteiger partial charge is 0.410 e. The number of nitrogens with zero attached hydrogens (tertiary/aromatic N) is 2. The van der Waals surface area contributed by atoms with Crippen molar-refractivity contribution in [3.8, 4) is 5.75 Å². The van der Waals surface area contributed by atoms with Crippen molar-refractivity contribution in [2.75, 3.05) is 32.8 Å². The van der Waals surface area contributed by atoms with E-state index in [1.807, 2.05) is 32.7 Å². The molecule has 1 heterocycles. The molecule has 1 amide bonds. The van der Waals surface area contributed by atoms with Crippen LogP contribution in [0.25, 0.3) is 0 Å². The first kappa shape index (κ1) is 21.0. The van der Waals surface area contributed by atoms with Crippen molar-refractivity contribution in [2.45, 2.75) is 39.3 Å². The molecule has 1 unspecified atom stereocenters. The molecule has 2 rings (SSSR count). The van der Waals surface area contributed by atoms with Gasteiger partial charge in [0.25, 0.3) is 0 Å². The fraction of sp³-hybridized carbons (Fsp3) is 0.579. The summed E-state index contributed by atoms with van der Waals surface area (Å²) in [5.41, 5.74) is 3.15. The highest BCUT2D eigenvalue weighted by atomic mass is 16.6. The van der Waals surface area contributed by atoms with Gasteiger partial charge in [-0.15, -0.1) is 0 Å². The van der Waals surface area contributed by atoms with Gasteiger partial charge in [-0.1, -0.05) is 12.1 Å². The van der Waals surface area contributed by atoms with Crippen LogP contribution in [0, 0.1) is 0 Å². The van der Waals surface area contributed by atoms with Crippen LogP contribution in [0.15, 0.2) is 24.3 Å². The lowest BCUT2D eigenvalue weighted by Gasteiger charge is -2.36. The fourth-order valence-corrected chi connectivity index (χ4v) is 2.72. The van der Waals surface area contributed by atoms with Crippen LogP contribution in [0.4, 0.5) is 4.79 Å². The number of amides is 1. The van der Waals surface area contributed by atoms with Crippen molar-refractivity contribution in [1.82, 2.24) is 15.3 Å². The molecular weight excluding hydrogens is 350 g/mol. The van der Waals surface area contributed by atoms with E-state index in [4.69, 9.17) is 9.47 Å². The number of benzene rings is 1. The molecule has 1 aliphatic rings. The van der Waals surface area contributed by atoms with Gasteiger partial charge in [-0.3, -0.25) is 4.79 Å². The second-order valence-corrected chi connectivity index (χ2v) is 7.36. The van der Waals surface area contributed by atoms with E-state index < -0.39 is 17.6 Å². The first-order chi connectivity index (χ1) is 12.7. The zero-order valence-electron chi connectivity index (χ0n) is 16.4. The number of hydrogen-bond acceptors (Lipinski definition) is 6. The molecule has 8 heteroatoms. The maximum atomic E-state index is 12.1. The number of carbonyl (C=O) groups is 2. The number of piperazine rings is 1. The molecule has 1 fully saturated rings. The molecule has 1 aromatic rings. The van der Waals surface area contributed by atoms with Crippen molar-refractivity contribution in [3.63, 3.8) is 0 Å². The summed E-state index contributed by atoms with van der Waals surface area (Å²) >= 11 is 0. The molecule has 1 atom stereocenters. The molecule has 0 aromatic heterocycles. The number of carbonyl (C=O) groups excluding carboxylic acids is 1. The summed E-state index contributed by atoms with van der Waals surface area (Å²) in [6.07, 6.45) is -0.344. The quantitative estimate of drug-likeness (QED) is 0.783. The van der Waals surface area contributed by atoms with Crippen molar-refractivity contribution in [1.29, 1.82) is 0 Å². The molecule has 1 saturated heterocycles. The molecular formula is C19H29N3O5. The molecule has 0 saturated carbocycles. The van der Waals surface area contributed by atoms with E-state index in [2.05, 4.69) is 5.43 Å². The lowest BCUT2D eigenvalue weighted by atomic mass is 10.1. The number of ether oxygens (including phenoxy) is 2. The number of rotatable bonds is 6. The minimum atomic E-state index is -0.964. The average molecular weight is 379 g/mol. The lowest BCUT2D eigenvalue weighted by Crippen LogP contribution is -2.55. The molecule has 2 N–H and O–H groups in total. The Hall–Kier alpha value is -2.32. The summed E-state index contributed by atoms with van der Waals surface area (Å²) in [5, 5.41) is 11.4. The SMILES string of the molecule is CCOc1ccc(C(NN2CCN(C(=O)OC(C)(C)C)CC2)C(=O)O)cc1. The van der Waals surface area contributed by atoms with Gasteiger partial charge in [0.05, 0.1) is 6.61 Å². The number of aliphatic carboxylic acids is 1. The Morgan fingerprint density at radius 2 is 1.74 bits per heavy atom. The Morgan fingerprint density at radius 1 is 1.15 bits per heavy atom. The summed E-state index contributed by atoms with van der Waals surface area (Å²) in [7, 11) is 0. The Labute approximate surface area is 160 Å². The third kappa shape index (κ3) is 6.41. The number of hydrogen-bond donors (Lipinski definition) is 2. The second kappa shape index (κ2) is 9.05. The van der Waals surface area contributed by atoms with Crippen LogP contribution >= 0.6 is 0 Å². The Morgan fingerprint density at radius 3 is 2.22 bits per heavy atom. The topological polar surface area (TPSA) is 91.3 Å². The zero-order chi connectivity index (χ0) is 20.0. The summed E-state index contributed by atoms with van der Waals surface area (Å²) in [5.74, 6) is -0.259. The van der Waals surface area contributed by atoms with Gasteiger partial charge in [-0.2, -0.15) is 0 Å². The molecule has 0 radical (unpaired) electrons. The van der Waals surface area contributed by atoms with E-state index >= 15 is 0 Å². The molecule has 150 valence electrons. The lowest BCUT2D eigenvalue weighted by molar-refractivity contribution is -0.141. The molecule has 0 aliphatic carbocycles. The molecule has 0 spiro atoms. The van der Waals surface area contributed by atoms with Crippen LogP contribution in [0.2, 0.25) is 0 Å².